The van der Waals surface area contributed by atoms with Crippen LogP contribution in [0.4, 0.5) is 0 Å². The Morgan fingerprint density at radius 3 is 2.51 bits per heavy atom. The summed E-state index contributed by atoms with van der Waals surface area (Å²) in [7, 11) is 1.62. The molecule has 7 nitrogen and oxygen atoms in total. The highest BCUT2D eigenvalue weighted by atomic mass is 16.5. The summed E-state index contributed by atoms with van der Waals surface area (Å²) < 4.78 is 7.41. The van der Waals surface area contributed by atoms with Crippen molar-refractivity contribution in [3.05, 3.63) is 83.4 Å². The molecule has 4 aromatic rings. The molecule has 2 N–H and O–H groups in total. The molecule has 0 saturated heterocycles. The average Bonchev–Trinajstić information content (AvgIpc) is 3.55. The number of carbonyl (C=O) groups is 2. The number of benzene rings is 3. The number of carboxylic acids is 1. The quantitative estimate of drug-likeness (QED) is 0.375. The minimum absolute atomic E-state index is 0.167. The molecule has 0 spiro atoms. The topological polar surface area (TPSA) is 93.4 Å². The van der Waals surface area contributed by atoms with E-state index < -0.39 is 5.97 Å². The normalized spacial score (nSPS) is 13.7. The second-order valence-electron chi connectivity index (χ2n) is 8.86. The van der Waals surface area contributed by atoms with Gasteiger partial charge in [-0.15, -0.1) is 0 Å². The van der Waals surface area contributed by atoms with E-state index in [0.29, 0.717) is 23.7 Å². The number of methoxy groups -OCH3 is 1. The predicted octanol–water partition coefficient (Wildman–Crippen LogP) is 5.46. The largest absolute Gasteiger partial charge is 0.497 e. The van der Waals surface area contributed by atoms with Gasteiger partial charge in [0, 0.05) is 23.7 Å². The Morgan fingerprint density at radius 2 is 1.80 bits per heavy atom. The zero-order valence-corrected chi connectivity index (χ0v) is 19.5. The molecule has 0 radical (unpaired) electrons. The van der Waals surface area contributed by atoms with Crippen LogP contribution < -0.4 is 10.1 Å². The molecule has 1 aliphatic carbocycles. The van der Waals surface area contributed by atoms with E-state index in [1.807, 2.05) is 48.5 Å². The van der Waals surface area contributed by atoms with Crippen LogP contribution in [0.15, 0.2) is 66.7 Å². The molecule has 1 amide bonds. The van der Waals surface area contributed by atoms with Gasteiger partial charge in [-0.1, -0.05) is 37.1 Å². The van der Waals surface area contributed by atoms with Crippen LogP contribution in [-0.4, -0.2) is 33.6 Å². The van der Waals surface area contributed by atoms with E-state index in [1.54, 1.807) is 25.3 Å². The number of amides is 1. The molecule has 35 heavy (non-hydrogen) atoms. The third kappa shape index (κ3) is 4.62. The third-order valence-corrected chi connectivity index (χ3v) is 6.62. The van der Waals surface area contributed by atoms with Crippen LogP contribution in [0.3, 0.4) is 0 Å². The van der Waals surface area contributed by atoms with E-state index in [1.165, 1.54) is 0 Å². The van der Waals surface area contributed by atoms with E-state index in [4.69, 9.17) is 9.72 Å². The summed E-state index contributed by atoms with van der Waals surface area (Å²) in [6.45, 7) is 0.408. The number of aromatic nitrogens is 2. The lowest BCUT2D eigenvalue weighted by Crippen LogP contribution is -2.22. The Morgan fingerprint density at radius 1 is 1.03 bits per heavy atom. The zero-order chi connectivity index (χ0) is 24.4. The Hall–Kier alpha value is -4.13. The van der Waals surface area contributed by atoms with Gasteiger partial charge in [-0.05, 0) is 60.9 Å². The van der Waals surface area contributed by atoms with Crippen molar-refractivity contribution in [2.45, 2.75) is 38.3 Å². The van der Waals surface area contributed by atoms with Crippen molar-refractivity contribution in [2.24, 2.45) is 0 Å². The monoisotopic (exact) mass is 469 g/mol. The highest BCUT2D eigenvalue weighted by Crippen LogP contribution is 2.37. The SMILES string of the molecule is COc1ccc(CNC(=O)c2cccc(-c3nc4cc(C(=O)O)ccc4n3C3CCCC3)c2)cc1. The summed E-state index contributed by atoms with van der Waals surface area (Å²) >= 11 is 0. The number of aromatic carboxylic acids is 1. The Bertz CT molecular complexity index is 1390. The molecule has 0 atom stereocenters. The Kier molecular flexibility index (Phi) is 6.23. The smallest absolute Gasteiger partial charge is 0.335 e. The summed E-state index contributed by atoms with van der Waals surface area (Å²) in [5, 5.41) is 12.4. The van der Waals surface area contributed by atoms with Crippen LogP contribution in [0.1, 0.15) is 58.0 Å². The van der Waals surface area contributed by atoms with Gasteiger partial charge in [0.15, 0.2) is 0 Å². The van der Waals surface area contributed by atoms with Gasteiger partial charge in [-0.2, -0.15) is 0 Å². The first kappa shape index (κ1) is 22.7. The number of fused-ring (bicyclic) bond motifs is 1. The van der Waals surface area contributed by atoms with Gasteiger partial charge < -0.3 is 19.7 Å². The zero-order valence-electron chi connectivity index (χ0n) is 19.5. The molecule has 3 aromatic carbocycles. The number of imidazole rings is 1. The fraction of sp³-hybridized carbons (Fsp3) is 0.250. The lowest BCUT2D eigenvalue weighted by molar-refractivity contribution is 0.0696. The van der Waals surface area contributed by atoms with Crippen LogP contribution in [0.25, 0.3) is 22.4 Å². The van der Waals surface area contributed by atoms with Crippen molar-refractivity contribution >= 4 is 22.9 Å². The molecule has 1 aliphatic rings. The third-order valence-electron chi connectivity index (χ3n) is 6.62. The first-order valence-corrected chi connectivity index (χ1v) is 11.8. The van der Waals surface area contributed by atoms with E-state index in [-0.39, 0.29) is 11.5 Å². The van der Waals surface area contributed by atoms with E-state index in [0.717, 1.165) is 53.9 Å². The Labute approximate surface area is 203 Å². The van der Waals surface area contributed by atoms with Gasteiger partial charge >= 0.3 is 5.97 Å². The van der Waals surface area contributed by atoms with Crippen LogP contribution in [0.2, 0.25) is 0 Å². The highest BCUT2D eigenvalue weighted by molar-refractivity contribution is 5.96. The average molecular weight is 470 g/mol. The summed E-state index contributed by atoms with van der Waals surface area (Å²) in [5.41, 5.74) is 4.15. The van der Waals surface area contributed by atoms with Gasteiger partial charge in [0.1, 0.15) is 11.6 Å². The molecule has 0 unspecified atom stereocenters. The molecule has 5 rings (SSSR count). The summed E-state index contributed by atoms with van der Waals surface area (Å²) in [6, 6.07) is 20.4. The van der Waals surface area contributed by atoms with Crippen molar-refractivity contribution in [3.63, 3.8) is 0 Å². The second-order valence-corrected chi connectivity index (χ2v) is 8.86. The summed E-state index contributed by atoms with van der Waals surface area (Å²) in [5.74, 6) is 0.395. The number of nitrogens with zero attached hydrogens (tertiary/aromatic N) is 2. The van der Waals surface area contributed by atoms with Gasteiger partial charge in [-0.25, -0.2) is 9.78 Å². The standard InChI is InChI=1S/C28H27N3O4/c1-35-23-12-9-18(10-13-23)17-29-27(32)20-6-4-5-19(15-20)26-30-24-16-21(28(33)34)11-14-25(24)31(26)22-7-2-3-8-22/h4-6,9-16,22H,2-3,7-8,17H2,1H3,(H,29,32)(H,33,34). The number of carboxylic acid groups (broad SMARTS) is 1. The first-order chi connectivity index (χ1) is 17.0. The maximum atomic E-state index is 12.9. The molecule has 7 heteroatoms. The molecule has 1 fully saturated rings. The van der Waals surface area contributed by atoms with Gasteiger partial charge in [-0.3, -0.25) is 4.79 Å². The number of ether oxygens (including phenoxy) is 1. The number of hydrogen-bond donors (Lipinski definition) is 2. The molecule has 0 aliphatic heterocycles. The number of nitrogens with one attached hydrogen (secondary N) is 1. The van der Waals surface area contributed by atoms with E-state index in [2.05, 4.69) is 9.88 Å². The summed E-state index contributed by atoms with van der Waals surface area (Å²) in [4.78, 5) is 29.3. The highest BCUT2D eigenvalue weighted by Gasteiger charge is 2.24. The maximum absolute atomic E-state index is 12.9. The number of hydrogen-bond acceptors (Lipinski definition) is 4. The molecular weight excluding hydrogens is 442 g/mol. The number of rotatable bonds is 7. The van der Waals surface area contributed by atoms with Crippen LogP contribution in [0.5, 0.6) is 5.75 Å². The van der Waals surface area contributed by atoms with Crippen LogP contribution >= 0.6 is 0 Å². The predicted molar refractivity (Wildman–Crippen MR) is 134 cm³/mol. The van der Waals surface area contributed by atoms with Crippen LogP contribution in [-0.2, 0) is 6.54 Å². The second kappa shape index (κ2) is 9.62. The lowest BCUT2D eigenvalue weighted by Gasteiger charge is -2.17. The van der Waals surface area contributed by atoms with E-state index >= 15 is 0 Å². The molecule has 1 aromatic heterocycles. The minimum atomic E-state index is -0.973. The molecule has 1 heterocycles. The van der Waals surface area contributed by atoms with Gasteiger partial charge in [0.05, 0.1) is 23.7 Å². The van der Waals surface area contributed by atoms with Crippen molar-refractivity contribution in [1.29, 1.82) is 0 Å². The maximum Gasteiger partial charge on any atom is 0.335 e. The lowest BCUT2D eigenvalue weighted by atomic mass is 10.1. The van der Waals surface area contributed by atoms with Gasteiger partial charge in [0.2, 0.25) is 0 Å². The molecule has 178 valence electrons. The molecule has 1 saturated carbocycles. The minimum Gasteiger partial charge on any atom is -0.497 e. The fourth-order valence-electron chi connectivity index (χ4n) is 4.79. The molecule has 0 bridgehead atoms. The Balaban J connectivity index is 1.46. The van der Waals surface area contributed by atoms with Crippen molar-refractivity contribution in [2.75, 3.05) is 7.11 Å². The summed E-state index contributed by atoms with van der Waals surface area (Å²) in [6.07, 6.45) is 4.43. The number of carbonyl (C=O) groups excluding carboxylic acids is 1. The van der Waals surface area contributed by atoms with Crippen molar-refractivity contribution < 1.29 is 19.4 Å². The van der Waals surface area contributed by atoms with Crippen LogP contribution in [0, 0.1) is 0 Å². The fourth-order valence-corrected chi connectivity index (χ4v) is 4.79. The molecular formula is C28H27N3O4. The van der Waals surface area contributed by atoms with Gasteiger partial charge in [0.25, 0.3) is 5.91 Å². The first-order valence-electron chi connectivity index (χ1n) is 11.8. The van der Waals surface area contributed by atoms with Crippen molar-refractivity contribution in [3.8, 4) is 17.1 Å². The van der Waals surface area contributed by atoms with E-state index in [9.17, 15) is 14.7 Å². The van der Waals surface area contributed by atoms with Crippen molar-refractivity contribution in [1.82, 2.24) is 14.9 Å².